The predicted molar refractivity (Wildman–Crippen MR) is 164 cm³/mol. The van der Waals surface area contributed by atoms with E-state index in [2.05, 4.69) is 20.8 Å². The number of aliphatic carboxylic acids is 1. The number of amides is 1. The highest BCUT2D eigenvalue weighted by molar-refractivity contribution is 7.99. The van der Waals surface area contributed by atoms with Gasteiger partial charge in [-0.05, 0) is 58.7 Å². The van der Waals surface area contributed by atoms with Gasteiger partial charge in [-0.3, -0.25) is 9.59 Å². The van der Waals surface area contributed by atoms with E-state index in [1.165, 1.54) is 11.8 Å². The third-order valence-electron chi connectivity index (χ3n) is 7.22. The van der Waals surface area contributed by atoms with Gasteiger partial charge in [0.05, 0.1) is 24.5 Å². The molecule has 0 radical (unpaired) electrons. The Bertz CT molecular complexity index is 1500. The van der Waals surface area contributed by atoms with E-state index in [-0.39, 0.29) is 31.1 Å². The van der Waals surface area contributed by atoms with Crippen LogP contribution in [0, 0.1) is 0 Å². The van der Waals surface area contributed by atoms with Crippen molar-refractivity contribution in [3.63, 3.8) is 0 Å². The van der Waals surface area contributed by atoms with Crippen LogP contribution in [0.3, 0.4) is 0 Å². The summed E-state index contributed by atoms with van der Waals surface area (Å²) in [5.41, 5.74) is 4.17. The quantitative estimate of drug-likeness (QED) is 0.123. The molecule has 0 spiro atoms. The minimum atomic E-state index is -0.818. The minimum Gasteiger partial charge on any atom is -0.481 e. The number of tetrazole rings is 1. The third kappa shape index (κ3) is 8.73. The van der Waals surface area contributed by atoms with E-state index >= 15 is 0 Å². The summed E-state index contributed by atoms with van der Waals surface area (Å²) in [5.74, 6) is -0.334. The maximum atomic E-state index is 12.4. The Kier molecular flexibility index (Phi) is 11.1. The number of aromatic nitrogens is 4. The number of carboxylic acids is 1. The Morgan fingerprint density at radius 1 is 0.909 bits per heavy atom. The van der Waals surface area contributed by atoms with Gasteiger partial charge in [0, 0.05) is 36.3 Å². The zero-order chi connectivity index (χ0) is 30.7. The number of aliphatic hydroxyl groups is 1. The number of anilines is 1. The van der Waals surface area contributed by atoms with Crippen molar-refractivity contribution in [3.8, 4) is 5.69 Å². The first-order valence-electron chi connectivity index (χ1n) is 14.6. The molecule has 0 bridgehead atoms. The molecule has 44 heavy (non-hydrogen) atoms. The van der Waals surface area contributed by atoms with Crippen molar-refractivity contribution in [1.29, 1.82) is 0 Å². The molecule has 5 rings (SSSR count). The molecule has 1 saturated heterocycles. The molecule has 1 aromatic heterocycles. The number of carboxylic acid groups (broad SMARTS) is 1. The molecule has 3 aromatic carbocycles. The van der Waals surface area contributed by atoms with E-state index in [0.717, 1.165) is 22.4 Å². The molecular formula is C32H35N5O6S. The molecule has 3 N–H and O–H groups in total. The summed E-state index contributed by atoms with van der Waals surface area (Å²) in [4.78, 5) is 23.0. The summed E-state index contributed by atoms with van der Waals surface area (Å²) in [6.45, 7) is -0.0272. The number of carbonyl (C=O) groups excluding carboxylic acids is 1. The van der Waals surface area contributed by atoms with Crippen LogP contribution in [0.5, 0.6) is 0 Å². The van der Waals surface area contributed by atoms with Gasteiger partial charge in [-0.25, -0.2) is 0 Å². The lowest BCUT2D eigenvalue weighted by atomic mass is 10.0. The highest BCUT2D eigenvalue weighted by Gasteiger charge is 2.32. The second kappa shape index (κ2) is 15.6. The van der Waals surface area contributed by atoms with Crippen molar-refractivity contribution in [2.24, 2.45) is 0 Å². The largest absolute Gasteiger partial charge is 0.481 e. The lowest BCUT2D eigenvalue weighted by Gasteiger charge is -2.36. The first-order valence-corrected chi connectivity index (χ1v) is 15.6. The van der Waals surface area contributed by atoms with Crippen LogP contribution in [0.2, 0.25) is 0 Å². The van der Waals surface area contributed by atoms with Gasteiger partial charge in [0.2, 0.25) is 11.1 Å². The number of nitrogens with one attached hydrogen (secondary N) is 1. The number of carbonyl (C=O) groups is 2. The number of ether oxygens (including phenoxy) is 2. The molecule has 3 atom stereocenters. The zero-order valence-corrected chi connectivity index (χ0v) is 24.9. The average Bonchev–Trinajstić information content (AvgIpc) is 3.53. The molecule has 230 valence electrons. The average molecular weight is 618 g/mol. The van der Waals surface area contributed by atoms with Crippen molar-refractivity contribution in [2.45, 2.75) is 68.8 Å². The van der Waals surface area contributed by atoms with Crippen molar-refractivity contribution >= 4 is 29.3 Å². The number of rotatable bonds is 14. The molecular weight excluding hydrogens is 582 g/mol. The van der Waals surface area contributed by atoms with Crippen molar-refractivity contribution in [3.05, 3.63) is 95.6 Å². The van der Waals surface area contributed by atoms with E-state index in [4.69, 9.17) is 14.6 Å². The molecule has 12 heteroatoms. The second-order valence-electron chi connectivity index (χ2n) is 10.5. The Labute approximate surface area is 259 Å². The van der Waals surface area contributed by atoms with Gasteiger partial charge in [-0.2, -0.15) is 4.68 Å². The summed E-state index contributed by atoms with van der Waals surface area (Å²) in [6, 6.07) is 24.8. The molecule has 1 fully saturated rings. The number of nitrogens with zero attached hydrogens (tertiary/aromatic N) is 4. The number of aliphatic hydroxyl groups excluding tert-OH is 1. The maximum Gasteiger partial charge on any atom is 0.303 e. The molecule has 4 aromatic rings. The highest BCUT2D eigenvalue weighted by atomic mass is 32.2. The van der Waals surface area contributed by atoms with Crippen molar-refractivity contribution < 1.29 is 29.3 Å². The fourth-order valence-corrected chi connectivity index (χ4v) is 5.78. The lowest BCUT2D eigenvalue weighted by molar-refractivity contribution is -0.245. The fourth-order valence-electron chi connectivity index (χ4n) is 4.88. The number of hydrogen-bond donors (Lipinski definition) is 3. The molecule has 0 saturated carbocycles. The van der Waals surface area contributed by atoms with E-state index in [0.29, 0.717) is 48.7 Å². The number of unbranched alkanes of at least 4 members (excludes halogenated alkanes) is 2. The van der Waals surface area contributed by atoms with Gasteiger partial charge in [0.1, 0.15) is 0 Å². The third-order valence-corrected chi connectivity index (χ3v) is 8.27. The highest BCUT2D eigenvalue weighted by Crippen LogP contribution is 2.39. The maximum absolute atomic E-state index is 12.4. The molecule has 1 aliphatic heterocycles. The molecule has 11 nitrogen and oxygen atoms in total. The van der Waals surface area contributed by atoms with Crippen LogP contribution in [0.15, 0.2) is 84.0 Å². The van der Waals surface area contributed by atoms with Gasteiger partial charge in [0.15, 0.2) is 6.29 Å². The standard InChI is InChI=1S/C32H35N5O6S/c38-20-22-11-13-23(14-12-22)28-19-27(21-44-32-34-35-36-37(32)26-7-3-1-4-8-26)42-31(43-28)24-15-17-25(18-16-24)33-29(39)9-5-2-6-10-30(40)41/h1,3-4,7-8,11-18,27-28,31,38H,2,5-6,9-10,19-21H2,(H,33,39)(H,40,41)/t27-,28+,31+/m0/s1. The van der Waals surface area contributed by atoms with Gasteiger partial charge in [-0.15, -0.1) is 5.10 Å². The lowest BCUT2D eigenvalue weighted by Crippen LogP contribution is -2.31. The molecule has 0 unspecified atom stereocenters. The van der Waals surface area contributed by atoms with Crippen LogP contribution in [-0.2, 0) is 25.7 Å². The van der Waals surface area contributed by atoms with Gasteiger partial charge in [0.25, 0.3) is 0 Å². The van der Waals surface area contributed by atoms with E-state index < -0.39 is 12.3 Å². The molecule has 1 aliphatic rings. The second-order valence-corrected chi connectivity index (χ2v) is 11.5. The Balaban J connectivity index is 1.24. The summed E-state index contributed by atoms with van der Waals surface area (Å²) >= 11 is 1.51. The van der Waals surface area contributed by atoms with E-state index in [1.54, 1.807) is 4.68 Å². The fraction of sp³-hybridized carbons (Fsp3) is 0.344. The molecule has 2 heterocycles. The normalized spacial score (nSPS) is 18.2. The molecule has 1 amide bonds. The molecule has 0 aliphatic carbocycles. The minimum absolute atomic E-state index is 0.0272. The summed E-state index contributed by atoms with van der Waals surface area (Å²) in [5, 5.41) is 34.0. The van der Waals surface area contributed by atoms with Crippen LogP contribution in [-0.4, -0.2) is 54.2 Å². The van der Waals surface area contributed by atoms with Crippen molar-refractivity contribution in [2.75, 3.05) is 11.1 Å². The first-order chi connectivity index (χ1) is 21.5. The smallest absolute Gasteiger partial charge is 0.303 e. The van der Waals surface area contributed by atoms with Gasteiger partial charge in [-0.1, -0.05) is 72.8 Å². The Morgan fingerprint density at radius 3 is 2.36 bits per heavy atom. The summed E-state index contributed by atoms with van der Waals surface area (Å²) in [7, 11) is 0. The van der Waals surface area contributed by atoms with Gasteiger partial charge < -0.3 is 25.0 Å². The SMILES string of the molecule is O=C(O)CCCCCC(=O)Nc1ccc([C@@H]2O[C@H](CSc3nnnn3-c3ccccc3)C[C@H](c3ccc(CO)cc3)O2)cc1. The topological polar surface area (TPSA) is 149 Å². The van der Waals surface area contributed by atoms with Crippen molar-refractivity contribution in [1.82, 2.24) is 20.2 Å². The Hall–Kier alpha value is -4.10. The predicted octanol–water partition coefficient (Wildman–Crippen LogP) is 5.47. The van der Waals surface area contributed by atoms with Crippen LogP contribution < -0.4 is 5.32 Å². The monoisotopic (exact) mass is 617 g/mol. The van der Waals surface area contributed by atoms with Gasteiger partial charge >= 0.3 is 5.97 Å². The summed E-state index contributed by atoms with van der Waals surface area (Å²) < 4.78 is 14.6. The van der Waals surface area contributed by atoms with E-state index in [1.807, 2.05) is 78.9 Å². The first kappa shape index (κ1) is 31.3. The Morgan fingerprint density at radius 2 is 1.64 bits per heavy atom. The summed E-state index contributed by atoms with van der Waals surface area (Å²) in [6.07, 6.45) is 1.92. The van der Waals surface area contributed by atoms with Crippen LogP contribution in [0.1, 0.15) is 67.6 Å². The number of thioether (sulfide) groups is 1. The number of hydrogen-bond acceptors (Lipinski definition) is 9. The number of benzene rings is 3. The van der Waals surface area contributed by atoms with Crippen LogP contribution >= 0.6 is 11.8 Å². The zero-order valence-electron chi connectivity index (χ0n) is 24.1. The van der Waals surface area contributed by atoms with E-state index in [9.17, 15) is 14.7 Å². The van der Waals surface area contributed by atoms with Crippen LogP contribution in [0.25, 0.3) is 5.69 Å². The van der Waals surface area contributed by atoms with Crippen LogP contribution in [0.4, 0.5) is 5.69 Å². The number of para-hydroxylation sites is 1.